The molecule has 1 aromatic heterocycles. The molecule has 1 heterocycles. The summed E-state index contributed by atoms with van der Waals surface area (Å²) in [6, 6.07) is 15.7. The fourth-order valence-electron chi connectivity index (χ4n) is 2.14. The second kappa shape index (κ2) is 8.88. The average Bonchev–Trinajstić information content (AvgIpc) is 2.68. The van der Waals surface area contributed by atoms with Crippen molar-refractivity contribution in [2.45, 2.75) is 5.03 Å². The van der Waals surface area contributed by atoms with Crippen molar-refractivity contribution in [1.82, 2.24) is 10.2 Å². The lowest BCUT2D eigenvalue weighted by molar-refractivity contribution is 0.101. The van der Waals surface area contributed by atoms with E-state index in [9.17, 15) is 14.0 Å². The molecule has 0 aliphatic rings. The van der Waals surface area contributed by atoms with Crippen molar-refractivity contribution in [2.24, 2.45) is 0 Å². The molecule has 3 aromatic rings. The van der Waals surface area contributed by atoms with E-state index in [1.807, 2.05) is 12.1 Å². The first kappa shape index (κ1) is 19.2. The minimum atomic E-state index is -0.490. The number of benzene rings is 2. The lowest BCUT2D eigenvalue weighted by Crippen LogP contribution is -2.13. The molecule has 0 bridgehead atoms. The van der Waals surface area contributed by atoms with E-state index in [0.717, 1.165) is 10.5 Å². The van der Waals surface area contributed by atoms with Crippen LogP contribution in [0.25, 0.3) is 0 Å². The van der Waals surface area contributed by atoms with Crippen LogP contribution in [0.1, 0.15) is 20.7 Å². The van der Waals surface area contributed by atoms with Gasteiger partial charge in [-0.25, -0.2) is 4.39 Å². The predicted molar refractivity (Wildman–Crippen MR) is 106 cm³/mol. The highest BCUT2D eigenvalue weighted by atomic mass is 79.9. The number of Topliss-reactive ketones (excluding diaryl/α,β-unsaturated/α-hetero) is 1. The van der Waals surface area contributed by atoms with Crippen molar-refractivity contribution in [3.63, 3.8) is 0 Å². The van der Waals surface area contributed by atoms with E-state index >= 15 is 0 Å². The number of aromatic nitrogens is 2. The number of hydrogen-bond donors (Lipinski definition) is 1. The molecule has 136 valence electrons. The summed E-state index contributed by atoms with van der Waals surface area (Å²) < 4.78 is 14.1. The van der Waals surface area contributed by atoms with Crippen molar-refractivity contribution in [3.8, 4) is 0 Å². The third-order valence-corrected chi connectivity index (χ3v) is 4.93. The largest absolute Gasteiger partial charge is 0.305 e. The lowest BCUT2D eigenvalue weighted by Gasteiger charge is -2.05. The van der Waals surface area contributed by atoms with Gasteiger partial charge in [-0.2, -0.15) is 0 Å². The third kappa shape index (κ3) is 5.45. The van der Waals surface area contributed by atoms with Gasteiger partial charge < -0.3 is 5.32 Å². The van der Waals surface area contributed by atoms with Gasteiger partial charge in [0, 0.05) is 15.6 Å². The van der Waals surface area contributed by atoms with Gasteiger partial charge in [0.1, 0.15) is 10.8 Å². The molecule has 0 radical (unpaired) electrons. The van der Waals surface area contributed by atoms with Crippen LogP contribution < -0.4 is 5.32 Å². The zero-order valence-electron chi connectivity index (χ0n) is 13.9. The summed E-state index contributed by atoms with van der Waals surface area (Å²) in [5, 5.41) is 11.0. The molecule has 5 nitrogen and oxygen atoms in total. The molecule has 3 rings (SSSR count). The van der Waals surface area contributed by atoms with Crippen molar-refractivity contribution < 1.29 is 14.0 Å². The van der Waals surface area contributed by atoms with Crippen molar-refractivity contribution in [2.75, 3.05) is 11.1 Å². The molecule has 1 N–H and O–H groups in total. The van der Waals surface area contributed by atoms with Gasteiger partial charge in [-0.3, -0.25) is 9.59 Å². The van der Waals surface area contributed by atoms with Crippen LogP contribution in [0.3, 0.4) is 0 Å². The van der Waals surface area contributed by atoms with E-state index in [0.29, 0.717) is 10.6 Å². The maximum Gasteiger partial charge on any atom is 0.256 e. The van der Waals surface area contributed by atoms with Crippen molar-refractivity contribution in [1.29, 1.82) is 0 Å². The maximum absolute atomic E-state index is 13.2. The van der Waals surface area contributed by atoms with Gasteiger partial charge >= 0.3 is 0 Å². The van der Waals surface area contributed by atoms with Crippen LogP contribution in [0.2, 0.25) is 0 Å². The van der Waals surface area contributed by atoms with E-state index < -0.39 is 11.7 Å². The molecular formula is C19H13BrFN3O2S. The molecule has 0 spiro atoms. The maximum atomic E-state index is 13.2. The molecule has 2 aromatic carbocycles. The molecule has 0 saturated carbocycles. The fourth-order valence-corrected chi connectivity index (χ4v) is 3.11. The molecule has 0 saturated heterocycles. The monoisotopic (exact) mass is 445 g/mol. The van der Waals surface area contributed by atoms with Crippen LogP contribution in [-0.2, 0) is 0 Å². The Kier molecular flexibility index (Phi) is 6.31. The summed E-state index contributed by atoms with van der Waals surface area (Å²) in [6.45, 7) is 0. The number of rotatable bonds is 6. The van der Waals surface area contributed by atoms with Gasteiger partial charge in [-0.15, -0.1) is 10.2 Å². The summed E-state index contributed by atoms with van der Waals surface area (Å²) in [5.41, 5.74) is 0.813. The summed E-state index contributed by atoms with van der Waals surface area (Å²) in [5.74, 6) is -0.512. The standard InChI is InChI=1S/C19H13BrFN3O2S/c20-14-6-4-12(5-7-14)16(25)11-27-18-9-8-17(23-24-18)22-19(26)13-2-1-3-15(21)10-13/h1-10H,11H2,(H,22,23,26). The number of carbonyl (C=O) groups is 2. The Balaban J connectivity index is 1.56. The minimum absolute atomic E-state index is 0.0159. The Morgan fingerprint density at radius 1 is 1.00 bits per heavy atom. The first-order valence-corrected chi connectivity index (χ1v) is 9.61. The topological polar surface area (TPSA) is 72.0 Å². The second-order valence-corrected chi connectivity index (χ2v) is 7.35. The van der Waals surface area contributed by atoms with E-state index in [1.165, 1.54) is 30.0 Å². The van der Waals surface area contributed by atoms with Gasteiger partial charge in [-0.1, -0.05) is 45.9 Å². The summed E-state index contributed by atoms with van der Waals surface area (Å²) in [4.78, 5) is 24.2. The van der Waals surface area contributed by atoms with Gasteiger partial charge in [0.15, 0.2) is 11.6 Å². The molecule has 0 aliphatic carbocycles. The fraction of sp³-hybridized carbons (Fsp3) is 0.0526. The van der Waals surface area contributed by atoms with Crippen LogP contribution in [-0.4, -0.2) is 27.6 Å². The first-order valence-electron chi connectivity index (χ1n) is 7.83. The number of nitrogens with zero attached hydrogens (tertiary/aromatic N) is 2. The van der Waals surface area contributed by atoms with Gasteiger partial charge in [0.05, 0.1) is 5.75 Å². The molecule has 1 amide bonds. The number of nitrogens with one attached hydrogen (secondary N) is 1. The number of amides is 1. The molecular weight excluding hydrogens is 433 g/mol. The van der Waals surface area contributed by atoms with E-state index in [1.54, 1.807) is 24.3 Å². The van der Waals surface area contributed by atoms with Gasteiger partial charge in [-0.05, 0) is 42.5 Å². The molecule has 27 heavy (non-hydrogen) atoms. The number of anilines is 1. The van der Waals surface area contributed by atoms with Crippen LogP contribution in [0.4, 0.5) is 10.2 Å². The highest BCUT2D eigenvalue weighted by molar-refractivity contribution is 9.10. The van der Waals surface area contributed by atoms with Crippen LogP contribution in [0.15, 0.2) is 70.2 Å². The number of thioether (sulfide) groups is 1. The Hall–Kier alpha value is -2.58. The molecule has 8 heteroatoms. The van der Waals surface area contributed by atoms with E-state index in [-0.39, 0.29) is 22.9 Å². The van der Waals surface area contributed by atoms with Gasteiger partial charge in [0.25, 0.3) is 5.91 Å². The minimum Gasteiger partial charge on any atom is -0.305 e. The number of hydrogen-bond acceptors (Lipinski definition) is 5. The van der Waals surface area contributed by atoms with E-state index in [4.69, 9.17) is 0 Å². The Bertz CT molecular complexity index is 965. The number of ketones is 1. The second-order valence-electron chi connectivity index (χ2n) is 5.44. The van der Waals surface area contributed by atoms with Crippen LogP contribution in [0, 0.1) is 5.82 Å². The number of carbonyl (C=O) groups excluding carboxylic acids is 2. The summed E-state index contributed by atoms with van der Waals surface area (Å²) in [7, 11) is 0. The van der Waals surface area contributed by atoms with Crippen LogP contribution >= 0.6 is 27.7 Å². The Morgan fingerprint density at radius 2 is 1.78 bits per heavy atom. The molecule has 0 aliphatic heterocycles. The normalized spacial score (nSPS) is 10.4. The third-order valence-electron chi connectivity index (χ3n) is 3.49. The van der Waals surface area contributed by atoms with Crippen molar-refractivity contribution >= 4 is 45.2 Å². The Labute approximate surface area is 167 Å². The van der Waals surface area contributed by atoms with Crippen LogP contribution in [0.5, 0.6) is 0 Å². The van der Waals surface area contributed by atoms with Crippen molar-refractivity contribution in [3.05, 3.63) is 82.1 Å². The zero-order chi connectivity index (χ0) is 19.2. The summed E-state index contributed by atoms with van der Waals surface area (Å²) in [6.07, 6.45) is 0. The average molecular weight is 446 g/mol. The number of halogens is 2. The SMILES string of the molecule is O=C(CSc1ccc(NC(=O)c2cccc(F)c2)nn1)c1ccc(Br)cc1. The first-order chi connectivity index (χ1) is 13.0. The smallest absolute Gasteiger partial charge is 0.256 e. The predicted octanol–water partition coefficient (Wildman–Crippen LogP) is 4.61. The highest BCUT2D eigenvalue weighted by Crippen LogP contribution is 2.19. The van der Waals surface area contributed by atoms with E-state index in [2.05, 4.69) is 31.4 Å². The molecule has 0 fully saturated rings. The lowest BCUT2D eigenvalue weighted by atomic mass is 10.2. The quantitative estimate of drug-likeness (QED) is 0.443. The van der Waals surface area contributed by atoms with Gasteiger partial charge in [0.2, 0.25) is 0 Å². The summed E-state index contributed by atoms with van der Waals surface area (Å²) >= 11 is 4.59. The zero-order valence-corrected chi connectivity index (χ0v) is 16.3. The molecule has 0 atom stereocenters. The Morgan fingerprint density at radius 3 is 2.44 bits per heavy atom. The highest BCUT2D eigenvalue weighted by Gasteiger charge is 2.10. The molecule has 0 unspecified atom stereocenters.